The summed E-state index contributed by atoms with van der Waals surface area (Å²) < 4.78 is 6.58. The number of nitrogens with one attached hydrogen (secondary N) is 1. The molecule has 1 heterocycles. The number of hydrogen-bond donors (Lipinski definition) is 1. The molecule has 102 valence electrons. The Morgan fingerprint density at radius 3 is 2.79 bits per heavy atom. The second-order valence-electron chi connectivity index (χ2n) is 4.34. The molecule has 0 aliphatic heterocycles. The van der Waals surface area contributed by atoms with Gasteiger partial charge >= 0.3 is 0 Å². The molecule has 0 saturated carbocycles. The fraction of sp³-hybridized carbons (Fsp3) is 0.333. The zero-order valence-corrected chi connectivity index (χ0v) is 13.6. The Bertz CT molecular complexity index is 539. The Kier molecular flexibility index (Phi) is 5.43. The van der Waals surface area contributed by atoms with E-state index in [0.29, 0.717) is 0 Å². The van der Waals surface area contributed by atoms with E-state index < -0.39 is 0 Å². The third-order valence-corrected chi connectivity index (χ3v) is 4.65. The van der Waals surface area contributed by atoms with Gasteiger partial charge in [0.1, 0.15) is 5.75 Å². The van der Waals surface area contributed by atoms with Crippen LogP contribution in [-0.4, -0.2) is 13.7 Å². The molecule has 4 heteroatoms. The van der Waals surface area contributed by atoms with Crippen LogP contribution in [0.1, 0.15) is 18.9 Å². The van der Waals surface area contributed by atoms with Gasteiger partial charge in [-0.2, -0.15) is 11.3 Å². The average Bonchev–Trinajstić information content (AvgIpc) is 2.85. The summed E-state index contributed by atoms with van der Waals surface area (Å²) in [6.45, 7) is 4.03. The Hall–Kier alpha value is -0.840. The first-order valence-corrected chi connectivity index (χ1v) is 8.09. The molecule has 19 heavy (non-hydrogen) atoms. The summed E-state index contributed by atoms with van der Waals surface area (Å²) in [7, 11) is 1.72. The van der Waals surface area contributed by atoms with Crippen molar-refractivity contribution in [3.05, 3.63) is 39.0 Å². The monoisotopic (exact) mass is 339 g/mol. The first-order valence-electron chi connectivity index (χ1n) is 6.36. The molecule has 0 aliphatic carbocycles. The van der Waals surface area contributed by atoms with Crippen molar-refractivity contribution in [2.24, 2.45) is 0 Å². The van der Waals surface area contributed by atoms with E-state index in [9.17, 15) is 0 Å². The van der Waals surface area contributed by atoms with Gasteiger partial charge in [-0.15, -0.1) is 0 Å². The van der Waals surface area contributed by atoms with Gasteiger partial charge in [-0.3, -0.25) is 0 Å². The second-order valence-corrected chi connectivity index (χ2v) is 5.93. The van der Waals surface area contributed by atoms with Gasteiger partial charge in [0.25, 0.3) is 0 Å². The molecule has 2 aromatic rings. The van der Waals surface area contributed by atoms with Gasteiger partial charge in [0.15, 0.2) is 0 Å². The standard InChI is InChI=1S/C15H18BrNOS/c1-3-6-17-8-12-7-11(4-5-15(12)18-2)13-9-19-10-14(13)16/h4-5,7,9-10,17H,3,6,8H2,1-2H3. The van der Waals surface area contributed by atoms with Crippen molar-refractivity contribution in [2.75, 3.05) is 13.7 Å². The molecule has 0 aliphatic rings. The van der Waals surface area contributed by atoms with E-state index in [2.05, 4.69) is 51.1 Å². The number of rotatable bonds is 6. The molecule has 1 aromatic carbocycles. The number of ether oxygens (including phenoxy) is 1. The summed E-state index contributed by atoms with van der Waals surface area (Å²) in [5.74, 6) is 0.943. The number of benzene rings is 1. The maximum Gasteiger partial charge on any atom is 0.123 e. The highest BCUT2D eigenvalue weighted by molar-refractivity contribution is 9.10. The minimum atomic E-state index is 0.840. The summed E-state index contributed by atoms with van der Waals surface area (Å²) in [4.78, 5) is 0. The van der Waals surface area contributed by atoms with E-state index in [1.54, 1.807) is 18.4 Å². The fourth-order valence-electron chi connectivity index (χ4n) is 1.97. The molecular formula is C15H18BrNOS. The molecule has 0 radical (unpaired) electrons. The van der Waals surface area contributed by atoms with Gasteiger partial charge in [0.05, 0.1) is 7.11 Å². The minimum Gasteiger partial charge on any atom is -0.496 e. The number of hydrogen-bond acceptors (Lipinski definition) is 3. The zero-order chi connectivity index (χ0) is 13.7. The Labute approximate surface area is 126 Å². The van der Waals surface area contributed by atoms with Crippen molar-refractivity contribution < 1.29 is 4.74 Å². The normalized spacial score (nSPS) is 10.7. The van der Waals surface area contributed by atoms with Crippen LogP contribution in [0.15, 0.2) is 33.4 Å². The summed E-state index contributed by atoms with van der Waals surface area (Å²) in [5, 5.41) is 7.69. The molecule has 1 N–H and O–H groups in total. The van der Waals surface area contributed by atoms with Crippen LogP contribution in [0, 0.1) is 0 Å². The lowest BCUT2D eigenvalue weighted by Gasteiger charge is -2.11. The number of thiophene rings is 1. The molecule has 0 saturated heterocycles. The van der Waals surface area contributed by atoms with Crippen molar-refractivity contribution >= 4 is 27.3 Å². The quantitative estimate of drug-likeness (QED) is 0.771. The minimum absolute atomic E-state index is 0.840. The Morgan fingerprint density at radius 1 is 1.32 bits per heavy atom. The van der Waals surface area contributed by atoms with Gasteiger partial charge in [-0.05, 0) is 52.0 Å². The summed E-state index contributed by atoms with van der Waals surface area (Å²) in [5.41, 5.74) is 3.66. The van der Waals surface area contributed by atoms with Crippen molar-refractivity contribution in [1.29, 1.82) is 0 Å². The van der Waals surface area contributed by atoms with Crippen molar-refractivity contribution in [3.8, 4) is 16.9 Å². The highest BCUT2D eigenvalue weighted by Gasteiger charge is 2.08. The smallest absolute Gasteiger partial charge is 0.123 e. The van der Waals surface area contributed by atoms with Gasteiger partial charge in [-0.25, -0.2) is 0 Å². The van der Waals surface area contributed by atoms with Gasteiger partial charge < -0.3 is 10.1 Å². The predicted octanol–water partition coefficient (Wildman–Crippen LogP) is 4.69. The van der Waals surface area contributed by atoms with Crippen LogP contribution < -0.4 is 10.1 Å². The lowest BCUT2D eigenvalue weighted by Crippen LogP contribution is -2.14. The van der Waals surface area contributed by atoms with E-state index in [1.165, 1.54) is 16.7 Å². The Balaban J connectivity index is 2.27. The molecule has 0 bridgehead atoms. The topological polar surface area (TPSA) is 21.3 Å². The van der Waals surface area contributed by atoms with Crippen molar-refractivity contribution in [1.82, 2.24) is 5.32 Å². The van der Waals surface area contributed by atoms with Crippen LogP contribution in [-0.2, 0) is 6.54 Å². The summed E-state index contributed by atoms with van der Waals surface area (Å²) in [6.07, 6.45) is 1.14. The molecular weight excluding hydrogens is 322 g/mol. The van der Waals surface area contributed by atoms with E-state index in [-0.39, 0.29) is 0 Å². The van der Waals surface area contributed by atoms with Crippen LogP contribution in [0.3, 0.4) is 0 Å². The highest BCUT2D eigenvalue weighted by Crippen LogP contribution is 2.34. The molecule has 0 fully saturated rings. The van der Waals surface area contributed by atoms with Crippen LogP contribution >= 0.6 is 27.3 Å². The fourth-order valence-corrected chi connectivity index (χ4v) is 3.50. The average molecular weight is 340 g/mol. The zero-order valence-electron chi connectivity index (χ0n) is 11.2. The first-order chi connectivity index (χ1) is 9.26. The Morgan fingerprint density at radius 2 is 2.16 bits per heavy atom. The highest BCUT2D eigenvalue weighted by atomic mass is 79.9. The van der Waals surface area contributed by atoms with E-state index in [4.69, 9.17) is 4.74 Å². The number of methoxy groups -OCH3 is 1. The molecule has 0 unspecified atom stereocenters. The molecule has 1 aromatic heterocycles. The maximum atomic E-state index is 5.43. The van der Waals surface area contributed by atoms with Gasteiger partial charge in [0, 0.05) is 27.5 Å². The van der Waals surface area contributed by atoms with Gasteiger partial charge in [0.2, 0.25) is 0 Å². The van der Waals surface area contributed by atoms with E-state index in [0.717, 1.165) is 29.7 Å². The molecule has 2 nitrogen and oxygen atoms in total. The summed E-state index contributed by atoms with van der Waals surface area (Å²) >= 11 is 5.30. The molecule has 0 atom stereocenters. The van der Waals surface area contributed by atoms with Crippen molar-refractivity contribution in [2.45, 2.75) is 19.9 Å². The van der Waals surface area contributed by atoms with Gasteiger partial charge in [-0.1, -0.05) is 13.0 Å². The van der Waals surface area contributed by atoms with Crippen LogP contribution in [0.4, 0.5) is 0 Å². The molecule has 2 rings (SSSR count). The molecule has 0 amide bonds. The molecule has 0 spiro atoms. The van der Waals surface area contributed by atoms with Crippen molar-refractivity contribution in [3.63, 3.8) is 0 Å². The number of halogens is 1. The SMILES string of the molecule is CCCNCc1cc(-c2cscc2Br)ccc1OC. The predicted molar refractivity (Wildman–Crippen MR) is 86.0 cm³/mol. The maximum absolute atomic E-state index is 5.43. The van der Waals surface area contributed by atoms with Crippen LogP contribution in [0.25, 0.3) is 11.1 Å². The lowest BCUT2D eigenvalue weighted by molar-refractivity contribution is 0.408. The van der Waals surface area contributed by atoms with E-state index >= 15 is 0 Å². The second kappa shape index (κ2) is 7.08. The first kappa shape index (κ1) is 14.6. The largest absolute Gasteiger partial charge is 0.496 e. The van der Waals surface area contributed by atoms with Crippen LogP contribution in [0.2, 0.25) is 0 Å². The van der Waals surface area contributed by atoms with E-state index in [1.807, 2.05) is 6.07 Å². The lowest BCUT2D eigenvalue weighted by atomic mass is 10.0. The van der Waals surface area contributed by atoms with Crippen LogP contribution in [0.5, 0.6) is 5.75 Å². The third-order valence-electron chi connectivity index (χ3n) is 2.95. The third kappa shape index (κ3) is 3.59. The summed E-state index contributed by atoms with van der Waals surface area (Å²) in [6, 6.07) is 6.35.